The molecule has 0 radical (unpaired) electrons. The number of hydrogen-bond acceptors (Lipinski definition) is 4. The van der Waals surface area contributed by atoms with E-state index in [1.54, 1.807) is 0 Å². The second-order valence-electron chi connectivity index (χ2n) is 7.72. The Labute approximate surface area is 204 Å². The molecular weight excluding hydrogens is 444 g/mol. The molecule has 0 heterocycles. The van der Waals surface area contributed by atoms with Crippen LogP contribution in [0.25, 0.3) is 0 Å². The summed E-state index contributed by atoms with van der Waals surface area (Å²) in [6.07, 6.45) is 0. The molecule has 34 heavy (non-hydrogen) atoms. The smallest absolute Gasteiger partial charge is 0.333 e. The minimum Gasteiger partial charge on any atom is -0.467 e. The van der Waals surface area contributed by atoms with Gasteiger partial charge >= 0.3 is 5.97 Å². The molecule has 0 unspecified atom stereocenters. The minimum atomic E-state index is -0.849. The van der Waals surface area contributed by atoms with Crippen LogP contribution < -0.4 is 5.32 Å². The number of benzene rings is 4. The molecule has 170 valence electrons. The summed E-state index contributed by atoms with van der Waals surface area (Å²) in [4.78, 5) is 18.2. The molecule has 0 aromatic heterocycles. The van der Waals surface area contributed by atoms with Gasteiger partial charge in [-0.1, -0.05) is 103 Å². The number of carbonyl (C=O) groups is 1. The number of nitrogens with one attached hydrogen (secondary N) is 1. The molecule has 5 heteroatoms. The third-order valence-corrected chi connectivity index (χ3v) is 5.70. The highest BCUT2D eigenvalue weighted by atomic mass is 35.5. The number of anilines is 1. The van der Waals surface area contributed by atoms with Gasteiger partial charge < -0.3 is 10.1 Å². The number of ether oxygens (including phenoxy) is 1. The fourth-order valence-electron chi connectivity index (χ4n) is 3.76. The van der Waals surface area contributed by atoms with Crippen molar-refractivity contribution in [3.05, 3.63) is 137 Å². The third-order valence-electron chi connectivity index (χ3n) is 5.45. The van der Waals surface area contributed by atoms with Crippen molar-refractivity contribution in [3.63, 3.8) is 0 Å². The van der Waals surface area contributed by atoms with Gasteiger partial charge in [0.2, 0.25) is 0 Å². The molecule has 0 aliphatic heterocycles. The normalized spacial score (nSPS) is 12.3. The molecule has 1 N–H and O–H groups in total. The zero-order valence-electron chi connectivity index (χ0n) is 18.8. The summed E-state index contributed by atoms with van der Waals surface area (Å²) < 4.78 is 5.24. The second-order valence-corrected chi connectivity index (χ2v) is 8.15. The first kappa shape index (κ1) is 23.3. The Hall–Kier alpha value is -3.89. The van der Waals surface area contributed by atoms with Gasteiger partial charge in [0.05, 0.1) is 18.9 Å². The van der Waals surface area contributed by atoms with Gasteiger partial charge in [0.25, 0.3) is 0 Å². The van der Waals surface area contributed by atoms with Crippen LogP contribution in [0.15, 0.2) is 120 Å². The van der Waals surface area contributed by atoms with Gasteiger partial charge in [-0.15, -0.1) is 0 Å². The lowest BCUT2D eigenvalue weighted by Crippen LogP contribution is -2.33. The van der Waals surface area contributed by atoms with Crippen molar-refractivity contribution in [1.82, 2.24) is 0 Å². The Kier molecular flexibility index (Phi) is 7.74. The van der Waals surface area contributed by atoms with E-state index >= 15 is 0 Å². The lowest BCUT2D eigenvalue weighted by molar-refractivity contribution is -0.142. The molecule has 2 atom stereocenters. The molecule has 0 aliphatic rings. The van der Waals surface area contributed by atoms with E-state index in [0.29, 0.717) is 5.02 Å². The quantitative estimate of drug-likeness (QED) is 0.235. The SMILES string of the molecule is COC(=O)[C@H](N=C(c1ccccc1)c1ccccc1)[C@@H](Nc1ccc(Cl)cc1)c1ccccc1. The van der Waals surface area contributed by atoms with Crippen molar-refractivity contribution < 1.29 is 9.53 Å². The topological polar surface area (TPSA) is 50.7 Å². The summed E-state index contributed by atoms with van der Waals surface area (Å²) in [5.74, 6) is -0.431. The van der Waals surface area contributed by atoms with E-state index in [0.717, 1.165) is 28.1 Å². The highest BCUT2D eigenvalue weighted by Gasteiger charge is 2.31. The number of aliphatic imine (C=N–C) groups is 1. The lowest BCUT2D eigenvalue weighted by Gasteiger charge is -2.26. The highest BCUT2D eigenvalue weighted by molar-refractivity contribution is 6.30. The van der Waals surface area contributed by atoms with Gasteiger partial charge in [0, 0.05) is 21.8 Å². The van der Waals surface area contributed by atoms with E-state index in [-0.39, 0.29) is 0 Å². The summed E-state index contributed by atoms with van der Waals surface area (Å²) in [7, 11) is 1.39. The van der Waals surface area contributed by atoms with Crippen LogP contribution in [0, 0.1) is 0 Å². The summed E-state index contributed by atoms with van der Waals surface area (Å²) in [6, 6.07) is 35.6. The van der Waals surface area contributed by atoms with Crippen LogP contribution in [0.5, 0.6) is 0 Å². The van der Waals surface area contributed by atoms with Crippen LogP contribution in [0.1, 0.15) is 22.7 Å². The first-order chi connectivity index (χ1) is 16.7. The van der Waals surface area contributed by atoms with Gasteiger partial charge in [-0.3, -0.25) is 4.99 Å². The van der Waals surface area contributed by atoms with Crippen molar-refractivity contribution in [2.75, 3.05) is 12.4 Å². The highest BCUT2D eigenvalue weighted by Crippen LogP contribution is 2.28. The van der Waals surface area contributed by atoms with Gasteiger partial charge in [0.1, 0.15) is 0 Å². The standard InChI is InChI=1S/C29H25ClN2O2/c1-34-29(33)28(32-26(21-11-5-2-6-12-21)22-13-7-3-8-14-22)27(23-15-9-4-10-16-23)31-25-19-17-24(30)18-20-25/h2-20,27-28,31H,1H3/t27-,28+/m0/s1. The van der Waals surface area contributed by atoms with Crippen molar-refractivity contribution in [2.45, 2.75) is 12.1 Å². The van der Waals surface area contributed by atoms with E-state index in [1.165, 1.54) is 7.11 Å². The van der Waals surface area contributed by atoms with E-state index in [9.17, 15) is 4.79 Å². The molecule has 0 saturated heterocycles. The molecule has 0 spiro atoms. The number of carbonyl (C=O) groups excluding carboxylic acids is 1. The van der Waals surface area contributed by atoms with Crippen LogP contribution in [0.3, 0.4) is 0 Å². The summed E-state index contributed by atoms with van der Waals surface area (Å²) >= 11 is 6.08. The van der Waals surface area contributed by atoms with Crippen molar-refractivity contribution >= 4 is 29.0 Å². The van der Waals surface area contributed by atoms with Crippen LogP contribution in [0.2, 0.25) is 5.02 Å². The fraction of sp³-hybridized carbons (Fsp3) is 0.103. The molecule has 0 fully saturated rings. The van der Waals surface area contributed by atoms with Crippen molar-refractivity contribution in [2.24, 2.45) is 4.99 Å². The number of nitrogens with zero attached hydrogens (tertiary/aromatic N) is 1. The zero-order chi connectivity index (χ0) is 23.8. The first-order valence-electron chi connectivity index (χ1n) is 11.0. The number of rotatable bonds is 8. The molecule has 4 aromatic rings. The molecule has 0 saturated carbocycles. The van der Waals surface area contributed by atoms with Gasteiger partial charge in [-0.05, 0) is 29.8 Å². The predicted molar refractivity (Wildman–Crippen MR) is 139 cm³/mol. The Balaban J connectivity index is 1.85. The van der Waals surface area contributed by atoms with E-state index < -0.39 is 18.1 Å². The average molecular weight is 469 g/mol. The maximum absolute atomic E-state index is 13.2. The molecule has 0 bridgehead atoms. The molecule has 0 aliphatic carbocycles. The van der Waals surface area contributed by atoms with Gasteiger partial charge in [-0.2, -0.15) is 0 Å². The Morgan fingerprint density at radius 3 is 1.76 bits per heavy atom. The predicted octanol–water partition coefficient (Wildman–Crippen LogP) is 6.57. The Morgan fingerprint density at radius 2 is 1.26 bits per heavy atom. The Bertz CT molecular complexity index is 1190. The van der Waals surface area contributed by atoms with E-state index in [1.807, 2.05) is 115 Å². The number of methoxy groups -OCH3 is 1. The summed E-state index contributed by atoms with van der Waals surface area (Å²) in [6.45, 7) is 0. The number of hydrogen-bond donors (Lipinski definition) is 1. The maximum atomic E-state index is 13.2. The van der Waals surface area contributed by atoms with E-state index in [4.69, 9.17) is 21.3 Å². The number of esters is 1. The zero-order valence-corrected chi connectivity index (χ0v) is 19.5. The first-order valence-corrected chi connectivity index (χ1v) is 11.4. The van der Waals surface area contributed by atoms with Crippen LogP contribution in [0.4, 0.5) is 5.69 Å². The summed E-state index contributed by atoms with van der Waals surface area (Å²) in [5.41, 5.74) is 4.29. The Morgan fingerprint density at radius 1 is 0.765 bits per heavy atom. The second kappa shape index (κ2) is 11.3. The fourth-order valence-corrected chi connectivity index (χ4v) is 3.89. The third kappa shape index (κ3) is 5.72. The van der Waals surface area contributed by atoms with Crippen LogP contribution in [-0.4, -0.2) is 24.8 Å². The van der Waals surface area contributed by atoms with Gasteiger partial charge in [0.15, 0.2) is 6.04 Å². The van der Waals surface area contributed by atoms with Crippen LogP contribution in [-0.2, 0) is 9.53 Å². The largest absolute Gasteiger partial charge is 0.467 e. The van der Waals surface area contributed by atoms with Gasteiger partial charge in [-0.25, -0.2) is 4.79 Å². The minimum absolute atomic E-state index is 0.431. The molecular formula is C29H25ClN2O2. The number of halogens is 1. The molecule has 4 nitrogen and oxygen atoms in total. The molecule has 0 amide bonds. The van der Waals surface area contributed by atoms with Crippen molar-refractivity contribution in [1.29, 1.82) is 0 Å². The van der Waals surface area contributed by atoms with Crippen LogP contribution >= 0.6 is 11.6 Å². The lowest BCUT2D eigenvalue weighted by atomic mass is 9.97. The molecule has 4 aromatic carbocycles. The average Bonchev–Trinajstić information content (AvgIpc) is 2.90. The maximum Gasteiger partial charge on any atom is 0.333 e. The van der Waals surface area contributed by atoms with E-state index in [2.05, 4.69) is 5.32 Å². The molecule has 4 rings (SSSR count). The van der Waals surface area contributed by atoms with Crippen molar-refractivity contribution in [3.8, 4) is 0 Å². The monoisotopic (exact) mass is 468 g/mol. The summed E-state index contributed by atoms with van der Waals surface area (Å²) in [5, 5.41) is 4.12.